The average Bonchev–Trinajstić information content (AvgIpc) is 2.49. The van der Waals surface area contributed by atoms with Crippen molar-refractivity contribution in [2.45, 2.75) is 13.3 Å². The van der Waals surface area contributed by atoms with Gasteiger partial charge in [0.25, 0.3) is 0 Å². The van der Waals surface area contributed by atoms with E-state index in [2.05, 4.69) is 21.9 Å². The molecule has 0 aliphatic heterocycles. The lowest BCUT2D eigenvalue weighted by Gasteiger charge is -2.10. The normalized spacial score (nSPS) is 11.3. The first-order chi connectivity index (χ1) is 10.3. The number of halogens is 1. The lowest BCUT2D eigenvalue weighted by atomic mass is 10.3. The average molecular weight is 313 g/mol. The molecule has 1 rings (SSSR count). The summed E-state index contributed by atoms with van der Waals surface area (Å²) in [5.74, 6) is 2.33. The maximum absolute atomic E-state index is 12.7. The standard InChI is InChI=1S/C15H24FN3OS/c1-3-17-15(19-10-12-21-2)18-9-4-11-20-14-7-5-13(16)6-8-14/h5-8H,3-4,9-12H2,1-2H3,(H2,17,18,19). The molecule has 0 aliphatic carbocycles. The van der Waals surface area contributed by atoms with Gasteiger partial charge in [0.05, 0.1) is 6.61 Å². The largest absolute Gasteiger partial charge is 0.494 e. The van der Waals surface area contributed by atoms with Crippen LogP contribution in [0.3, 0.4) is 0 Å². The maximum atomic E-state index is 12.7. The molecule has 0 radical (unpaired) electrons. The molecular weight excluding hydrogens is 289 g/mol. The van der Waals surface area contributed by atoms with Gasteiger partial charge in [-0.1, -0.05) is 0 Å². The van der Waals surface area contributed by atoms with Gasteiger partial charge in [-0.05, 0) is 37.4 Å². The molecule has 0 aromatic heterocycles. The second kappa shape index (κ2) is 11.3. The topological polar surface area (TPSA) is 45.7 Å². The van der Waals surface area contributed by atoms with E-state index in [-0.39, 0.29) is 5.82 Å². The summed E-state index contributed by atoms with van der Waals surface area (Å²) in [4.78, 5) is 4.48. The molecule has 0 aliphatic rings. The number of hydrogen-bond acceptors (Lipinski definition) is 3. The van der Waals surface area contributed by atoms with Crippen molar-refractivity contribution < 1.29 is 9.13 Å². The Morgan fingerprint density at radius 3 is 2.71 bits per heavy atom. The monoisotopic (exact) mass is 313 g/mol. The van der Waals surface area contributed by atoms with Gasteiger partial charge in [0.15, 0.2) is 5.96 Å². The van der Waals surface area contributed by atoms with Gasteiger partial charge in [-0.25, -0.2) is 4.39 Å². The lowest BCUT2D eigenvalue weighted by molar-refractivity contribution is 0.313. The molecule has 0 atom stereocenters. The van der Waals surface area contributed by atoms with Crippen molar-refractivity contribution >= 4 is 17.7 Å². The highest BCUT2D eigenvalue weighted by Crippen LogP contribution is 2.10. The number of guanidine groups is 1. The Hall–Kier alpha value is -1.43. The third-order valence-electron chi connectivity index (χ3n) is 2.60. The van der Waals surface area contributed by atoms with E-state index >= 15 is 0 Å². The first kappa shape index (κ1) is 17.6. The summed E-state index contributed by atoms with van der Waals surface area (Å²) >= 11 is 1.80. The number of hydrogen-bond donors (Lipinski definition) is 2. The molecule has 118 valence electrons. The minimum atomic E-state index is -0.251. The van der Waals surface area contributed by atoms with Crippen LogP contribution in [0.4, 0.5) is 4.39 Å². The lowest BCUT2D eigenvalue weighted by Crippen LogP contribution is -2.38. The number of ether oxygens (including phenoxy) is 1. The minimum absolute atomic E-state index is 0.251. The third-order valence-corrected chi connectivity index (χ3v) is 3.21. The van der Waals surface area contributed by atoms with Gasteiger partial charge in [-0.2, -0.15) is 11.8 Å². The Bertz CT molecular complexity index is 412. The molecule has 0 bridgehead atoms. The van der Waals surface area contributed by atoms with E-state index in [0.717, 1.165) is 31.2 Å². The molecule has 0 saturated heterocycles. The molecule has 6 heteroatoms. The molecule has 0 heterocycles. The molecular formula is C15H24FN3OS. The first-order valence-electron chi connectivity index (χ1n) is 7.15. The molecule has 0 amide bonds. The van der Waals surface area contributed by atoms with Crippen LogP contribution in [-0.4, -0.2) is 44.2 Å². The smallest absolute Gasteiger partial charge is 0.191 e. The van der Waals surface area contributed by atoms with Gasteiger partial charge in [0.1, 0.15) is 11.6 Å². The van der Waals surface area contributed by atoms with E-state index in [0.29, 0.717) is 18.9 Å². The molecule has 1 aromatic carbocycles. The summed E-state index contributed by atoms with van der Waals surface area (Å²) in [5, 5.41) is 6.48. The van der Waals surface area contributed by atoms with Crippen LogP contribution in [-0.2, 0) is 0 Å². The Morgan fingerprint density at radius 2 is 2.05 bits per heavy atom. The Balaban J connectivity index is 2.22. The number of aliphatic imine (C=N–C) groups is 1. The van der Waals surface area contributed by atoms with E-state index < -0.39 is 0 Å². The second-order valence-electron chi connectivity index (χ2n) is 4.34. The Morgan fingerprint density at radius 1 is 1.29 bits per heavy atom. The van der Waals surface area contributed by atoms with Crippen LogP contribution in [0.5, 0.6) is 5.75 Å². The highest BCUT2D eigenvalue weighted by atomic mass is 32.2. The van der Waals surface area contributed by atoms with Crippen molar-refractivity contribution in [3.63, 3.8) is 0 Å². The number of rotatable bonds is 9. The third kappa shape index (κ3) is 8.45. The molecule has 1 aromatic rings. The van der Waals surface area contributed by atoms with Crippen molar-refractivity contribution in [1.29, 1.82) is 0 Å². The molecule has 0 spiro atoms. The Labute approximate surface area is 130 Å². The Kier molecular flexibility index (Phi) is 9.44. The zero-order chi connectivity index (χ0) is 15.3. The van der Waals surface area contributed by atoms with Crippen LogP contribution in [0.2, 0.25) is 0 Å². The van der Waals surface area contributed by atoms with Crippen molar-refractivity contribution in [2.24, 2.45) is 4.99 Å². The number of nitrogens with zero attached hydrogens (tertiary/aromatic N) is 1. The van der Waals surface area contributed by atoms with Gasteiger partial charge in [0, 0.05) is 31.8 Å². The van der Waals surface area contributed by atoms with Gasteiger partial charge in [0.2, 0.25) is 0 Å². The van der Waals surface area contributed by atoms with Crippen molar-refractivity contribution in [1.82, 2.24) is 10.6 Å². The molecule has 4 nitrogen and oxygen atoms in total. The minimum Gasteiger partial charge on any atom is -0.494 e. The SMILES string of the molecule is CCNC(=NCCCOc1ccc(F)cc1)NCCSC. The summed E-state index contributed by atoms with van der Waals surface area (Å²) in [6, 6.07) is 6.05. The molecule has 0 fully saturated rings. The van der Waals surface area contributed by atoms with E-state index in [1.54, 1.807) is 23.9 Å². The van der Waals surface area contributed by atoms with Crippen LogP contribution < -0.4 is 15.4 Å². The maximum Gasteiger partial charge on any atom is 0.191 e. The molecule has 0 saturated carbocycles. The van der Waals surface area contributed by atoms with Crippen LogP contribution in [0, 0.1) is 5.82 Å². The highest BCUT2D eigenvalue weighted by molar-refractivity contribution is 7.98. The van der Waals surface area contributed by atoms with Crippen molar-refractivity contribution in [2.75, 3.05) is 38.2 Å². The predicted molar refractivity (Wildman–Crippen MR) is 88.9 cm³/mol. The zero-order valence-corrected chi connectivity index (χ0v) is 13.5. The molecule has 21 heavy (non-hydrogen) atoms. The van der Waals surface area contributed by atoms with Gasteiger partial charge >= 0.3 is 0 Å². The van der Waals surface area contributed by atoms with E-state index in [1.165, 1.54) is 12.1 Å². The number of thioether (sulfide) groups is 1. The van der Waals surface area contributed by atoms with E-state index in [9.17, 15) is 4.39 Å². The van der Waals surface area contributed by atoms with Crippen LogP contribution in [0.15, 0.2) is 29.3 Å². The van der Waals surface area contributed by atoms with E-state index in [1.807, 2.05) is 6.92 Å². The quantitative estimate of drug-likeness (QED) is 0.418. The highest BCUT2D eigenvalue weighted by Gasteiger charge is 1.97. The van der Waals surface area contributed by atoms with Gasteiger partial charge < -0.3 is 15.4 Å². The van der Waals surface area contributed by atoms with E-state index in [4.69, 9.17) is 4.74 Å². The number of benzene rings is 1. The fourth-order valence-corrected chi connectivity index (χ4v) is 1.90. The molecule has 2 N–H and O–H groups in total. The summed E-state index contributed by atoms with van der Waals surface area (Å²) in [6.07, 6.45) is 2.90. The predicted octanol–water partition coefficient (Wildman–Crippen LogP) is 2.51. The van der Waals surface area contributed by atoms with Crippen molar-refractivity contribution in [3.8, 4) is 5.75 Å². The summed E-state index contributed by atoms with van der Waals surface area (Å²) in [5.41, 5.74) is 0. The summed E-state index contributed by atoms with van der Waals surface area (Å²) in [7, 11) is 0. The summed E-state index contributed by atoms with van der Waals surface area (Å²) < 4.78 is 18.3. The van der Waals surface area contributed by atoms with Gasteiger partial charge in [-0.15, -0.1) is 0 Å². The van der Waals surface area contributed by atoms with Gasteiger partial charge in [-0.3, -0.25) is 4.99 Å². The fraction of sp³-hybridized carbons (Fsp3) is 0.533. The molecule has 0 unspecified atom stereocenters. The van der Waals surface area contributed by atoms with Crippen LogP contribution in [0.1, 0.15) is 13.3 Å². The van der Waals surface area contributed by atoms with Crippen molar-refractivity contribution in [3.05, 3.63) is 30.1 Å². The second-order valence-corrected chi connectivity index (χ2v) is 5.32. The first-order valence-corrected chi connectivity index (χ1v) is 8.55. The fourth-order valence-electron chi connectivity index (χ4n) is 1.59. The zero-order valence-electron chi connectivity index (χ0n) is 12.7. The van der Waals surface area contributed by atoms with Crippen LogP contribution >= 0.6 is 11.8 Å². The summed E-state index contributed by atoms with van der Waals surface area (Å²) in [6.45, 7) is 5.05. The number of nitrogens with one attached hydrogen (secondary N) is 2. The van der Waals surface area contributed by atoms with Crippen LogP contribution in [0.25, 0.3) is 0 Å².